The Morgan fingerprint density at radius 2 is 1.55 bits per heavy atom. The molecular formula is C32H44N2O13. The lowest BCUT2D eigenvalue weighted by Crippen LogP contribution is -2.56. The van der Waals surface area contributed by atoms with Crippen molar-refractivity contribution >= 4 is 41.6 Å². The van der Waals surface area contributed by atoms with Crippen molar-refractivity contribution < 1.29 is 61.9 Å². The average Bonchev–Trinajstić information content (AvgIpc) is 3.29. The van der Waals surface area contributed by atoms with Gasteiger partial charge in [0.2, 0.25) is 0 Å². The van der Waals surface area contributed by atoms with Crippen molar-refractivity contribution in [2.75, 3.05) is 57.6 Å². The molecule has 3 atom stereocenters. The number of carbonyl (C=O) groups excluding carboxylic acids is 6. The molecule has 2 aliphatic rings. The van der Waals surface area contributed by atoms with Crippen LogP contribution in [0.5, 0.6) is 0 Å². The molecule has 15 nitrogen and oxygen atoms in total. The molecule has 2 fully saturated rings. The maximum absolute atomic E-state index is 13.5. The summed E-state index contributed by atoms with van der Waals surface area (Å²) in [6.07, 6.45) is -1.63. The number of amides is 2. The minimum Gasteiger partial charge on any atom is -0.464 e. The highest BCUT2D eigenvalue weighted by Crippen LogP contribution is 2.35. The van der Waals surface area contributed by atoms with Crippen LogP contribution >= 0.6 is 0 Å². The van der Waals surface area contributed by atoms with Crippen LogP contribution in [0.4, 0.5) is 10.5 Å². The Morgan fingerprint density at radius 1 is 0.915 bits per heavy atom. The van der Waals surface area contributed by atoms with Gasteiger partial charge in [0, 0.05) is 46.0 Å². The van der Waals surface area contributed by atoms with E-state index in [0.717, 1.165) is 0 Å². The van der Waals surface area contributed by atoms with Gasteiger partial charge in [-0.2, -0.15) is 0 Å². The van der Waals surface area contributed by atoms with Crippen LogP contribution in [0.15, 0.2) is 24.3 Å². The van der Waals surface area contributed by atoms with Crippen LogP contribution in [-0.2, 0) is 63.6 Å². The first-order valence-corrected chi connectivity index (χ1v) is 15.5. The Hall–Kier alpha value is -4.24. The fourth-order valence-corrected chi connectivity index (χ4v) is 5.47. The first-order chi connectivity index (χ1) is 22.3. The van der Waals surface area contributed by atoms with Crippen molar-refractivity contribution in [3.8, 4) is 0 Å². The molecule has 0 aromatic heterocycles. The number of hydrogen-bond acceptors (Lipinski definition) is 13. The predicted molar refractivity (Wildman–Crippen MR) is 163 cm³/mol. The molecule has 0 saturated carbocycles. The fraction of sp³-hybridized carbons (Fsp3) is 0.625. The molecule has 2 saturated heterocycles. The predicted octanol–water partition coefficient (Wildman–Crippen LogP) is 1.96. The van der Waals surface area contributed by atoms with E-state index in [1.54, 1.807) is 47.9 Å². The van der Waals surface area contributed by atoms with Gasteiger partial charge in [0.05, 0.1) is 33.0 Å². The summed E-state index contributed by atoms with van der Waals surface area (Å²) in [4.78, 5) is 78.3. The summed E-state index contributed by atoms with van der Waals surface area (Å²) >= 11 is 0. The number of rotatable bonds is 15. The standard InChI is InChI=1S/C32H44N2O13/c1-7-41-28(38)32(29(39)42-8-2,45-20-26-31(6,47-23(5)37)27(19-44-26)46-22(4)36)18-24-10-12-25(13-11-24)34-15-9-14-33(30(34)40)16-17-43-21(3)35/h10-13,26-27H,7-9,14-20H2,1-6H3/t26-,27+,31-/m1/s1. The molecule has 2 aliphatic heterocycles. The molecule has 2 amide bonds. The van der Waals surface area contributed by atoms with Crippen LogP contribution in [0, 0.1) is 0 Å². The summed E-state index contributed by atoms with van der Waals surface area (Å²) in [6.45, 7) is 9.02. The van der Waals surface area contributed by atoms with Crippen LogP contribution in [-0.4, -0.2) is 117 Å². The van der Waals surface area contributed by atoms with Crippen molar-refractivity contribution in [1.82, 2.24) is 4.90 Å². The second-order valence-corrected chi connectivity index (χ2v) is 11.2. The van der Waals surface area contributed by atoms with E-state index < -0.39 is 59.9 Å². The lowest BCUT2D eigenvalue weighted by Gasteiger charge is -2.36. The van der Waals surface area contributed by atoms with Crippen molar-refractivity contribution in [2.45, 2.75) is 77.8 Å². The van der Waals surface area contributed by atoms with Crippen molar-refractivity contribution in [2.24, 2.45) is 0 Å². The van der Waals surface area contributed by atoms with Gasteiger partial charge in [-0.1, -0.05) is 12.1 Å². The zero-order valence-electron chi connectivity index (χ0n) is 27.7. The van der Waals surface area contributed by atoms with Crippen molar-refractivity contribution in [3.05, 3.63) is 29.8 Å². The number of benzene rings is 1. The molecule has 3 rings (SSSR count). The van der Waals surface area contributed by atoms with Gasteiger partial charge in [-0.15, -0.1) is 0 Å². The average molecular weight is 665 g/mol. The normalized spacial score (nSPS) is 21.2. The molecule has 1 aromatic carbocycles. The van der Waals surface area contributed by atoms with Gasteiger partial charge in [-0.3, -0.25) is 19.3 Å². The summed E-state index contributed by atoms with van der Waals surface area (Å²) in [6, 6.07) is 6.44. The first kappa shape index (κ1) is 37.2. The molecule has 47 heavy (non-hydrogen) atoms. The fourth-order valence-electron chi connectivity index (χ4n) is 5.47. The van der Waals surface area contributed by atoms with E-state index in [9.17, 15) is 28.8 Å². The van der Waals surface area contributed by atoms with Gasteiger partial charge in [0.25, 0.3) is 5.60 Å². The Labute approximate surface area is 273 Å². The molecule has 0 aliphatic carbocycles. The van der Waals surface area contributed by atoms with Gasteiger partial charge in [0.15, 0.2) is 11.7 Å². The van der Waals surface area contributed by atoms with E-state index in [4.69, 9.17) is 33.2 Å². The molecule has 0 spiro atoms. The monoisotopic (exact) mass is 664 g/mol. The maximum Gasteiger partial charge on any atom is 0.350 e. The molecule has 0 N–H and O–H groups in total. The molecule has 0 unspecified atom stereocenters. The topological polar surface area (TPSA) is 174 Å². The van der Waals surface area contributed by atoms with E-state index in [0.29, 0.717) is 30.8 Å². The largest absolute Gasteiger partial charge is 0.464 e. The molecule has 260 valence electrons. The Morgan fingerprint density at radius 3 is 2.11 bits per heavy atom. The summed E-state index contributed by atoms with van der Waals surface area (Å²) in [5.41, 5.74) is -2.72. The lowest BCUT2D eigenvalue weighted by molar-refractivity contribution is -0.203. The van der Waals surface area contributed by atoms with Crippen LogP contribution in [0.2, 0.25) is 0 Å². The van der Waals surface area contributed by atoms with E-state index in [-0.39, 0.29) is 45.4 Å². The molecule has 0 bridgehead atoms. The SMILES string of the molecule is CCOC(=O)C(Cc1ccc(N2CCCN(CCOC(C)=O)C2=O)cc1)(OC[C@H]1OC[C@H](OC(C)=O)[C@]1(C)OC(C)=O)C(=O)OCC. The zero-order valence-corrected chi connectivity index (χ0v) is 27.7. The summed E-state index contributed by atoms with van der Waals surface area (Å²) < 4.78 is 38.3. The van der Waals surface area contributed by atoms with Crippen LogP contribution in [0.1, 0.15) is 53.5 Å². The van der Waals surface area contributed by atoms with E-state index in [1.807, 2.05) is 0 Å². The van der Waals surface area contributed by atoms with Gasteiger partial charge in [0.1, 0.15) is 12.7 Å². The third-order valence-electron chi connectivity index (χ3n) is 7.77. The summed E-state index contributed by atoms with van der Waals surface area (Å²) in [5.74, 6) is -3.70. The van der Waals surface area contributed by atoms with Gasteiger partial charge >= 0.3 is 35.9 Å². The van der Waals surface area contributed by atoms with E-state index in [2.05, 4.69) is 0 Å². The van der Waals surface area contributed by atoms with Crippen molar-refractivity contribution in [3.63, 3.8) is 0 Å². The van der Waals surface area contributed by atoms with Gasteiger partial charge in [-0.25, -0.2) is 14.4 Å². The second-order valence-electron chi connectivity index (χ2n) is 11.2. The number of urea groups is 1. The van der Waals surface area contributed by atoms with Crippen LogP contribution in [0.3, 0.4) is 0 Å². The summed E-state index contributed by atoms with van der Waals surface area (Å²) in [5, 5.41) is 0. The Kier molecular flexibility index (Phi) is 13.1. The molecule has 0 radical (unpaired) electrons. The molecule has 15 heteroatoms. The number of nitrogens with zero attached hydrogens (tertiary/aromatic N) is 2. The van der Waals surface area contributed by atoms with Gasteiger partial charge < -0.3 is 38.1 Å². The quantitative estimate of drug-likeness (QED) is 0.151. The van der Waals surface area contributed by atoms with Crippen LogP contribution in [0.25, 0.3) is 0 Å². The molecule has 2 heterocycles. The number of carbonyl (C=O) groups is 6. The minimum absolute atomic E-state index is 0.0626. The van der Waals surface area contributed by atoms with Gasteiger partial charge in [-0.05, 0) is 44.9 Å². The summed E-state index contributed by atoms with van der Waals surface area (Å²) in [7, 11) is 0. The number of hydrogen-bond donors (Lipinski definition) is 0. The highest BCUT2D eigenvalue weighted by Gasteiger charge is 2.57. The first-order valence-electron chi connectivity index (χ1n) is 15.5. The smallest absolute Gasteiger partial charge is 0.350 e. The van der Waals surface area contributed by atoms with Crippen molar-refractivity contribution in [1.29, 1.82) is 0 Å². The maximum atomic E-state index is 13.5. The third kappa shape index (κ3) is 9.19. The van der Waals surface area contributed by atoms with Crippen LogP contribution < -0.4 is 4.90 Å². The van der Waals surface area contributed by atoms with E-state index >= 15 is 0 Å². The highest BCUT2D eigenvalue weighted by molar-refractivity contribution is 6.04. The number of esters is 5. The number of anilines is 1. The third-order valence-corrected chi connectivity index (χ3v) is 7.77. The lowest BCUT2D eigenvalue weighted by atomic mass is 9.92. The highest BCUT2D eigenvalue weighted by atomic mass is 16.7. The molecule has 1 aromatic rings. The zero-order chi connectivity index (χ0) is 34.8. The molecular weight excluding hydrogens is 620 g/mol. The minimum atomic E-state index is -2.29. The second kappa shape index (κ2) is 16.5. The Balaban J connectivity index is 1.88. The van der Waals surface area contributed by atoms with E-state index in [1.165, 1.54) is 27.7 Å². The Bertz CT molecular complexity index is 1280. The number of ether oxygens (including phenoxy) is 7.